The summed E-state index contributed by atoms with van der Waals surface area (Å²) in [6.07, 6.45) is 10.4. The molecule has 24 heavy (non-hydrogen) atoms. The SMILES string of the molecule is CCCCCCC(O)CC=CC(O)CCC(O)CCCC(=O)OC. The fourth-order valence-electron chi connectivity index (χ4n) is 2.51. The zero-order valence-corrected chi connectivity index (χ0v) is 15.3. The van der Waals surface area contributed by atoms with Crippen LogP contribution < -0.4 is 0 Å². The molecule has 0 aliphatic carbocycles. The van der Waals surface area contributed by atoms with E-state index in [0.29, 0.717) is 38.5 Å². The van der Waals surface area contributed by atoms with Gasteiger partial charge in [0.2, 0.25) is 0 Å². The number of unbranched alkanes of at least 4 members (excludes halogenated alkanes) is 3. The lowest BCUT2D eigenvalue weighted by atomic mass is 10.0. The highest BCUT2D eigenvalue weighted by Crippen LogP contribution is 2.11. The molecule has 0 aromatic heterocycles. The maximum Gasteiger partial charge on any atom is 0.305 e. The smallest absolute Gasteiger partial charge is 0.305 e. The first kappa shape index (κ1) is 23.1. The van der Waals surface area contributed by atoms with Crippen molar-refractivity contribution in [3.63, 3.8) is 0 Å². The Morgan fingerprint density at radius 2 is 1.67 bits per heavy atom. The number of hydrogen-bond acceptors (Lipinski definition) is 5. The van der Waals surface area contributed by atoms with Gasteiger partial charge in [-0.2, -0.15) is 0 Å². The number of ether oxygens (including phenoxy) is 1. The Hall–Kier alpha value is -0.910. The minimum Gasteiger partial charge on any atom is -0.469 e. The Kier molecular flexibility index (Phi) is 15.0. The summed E-state index contributed by atoms with van der Waals surface area (Å²) in [6, 6.07) is 0. The van der Waals surface area contributed by atoms with Crippen molar-refractivity contribution in [2.75, 3.05) is 7.11 Å². The van der Waals surface area contributed by atoms with Gasteiger partial charge in [-0.25, -0.2) is 0 Å². The molecule has 142 valence electrons. The van der Waals surface area contributed by atoms with E-state index in [0.717, 1.165) is 19.3 Å². The highest BCUT2D eigenvalue weighted by Gasteiger charge is 2.09. The van der Waals surface area contributed by atoms with Crippen LogP contribution >= 0.6 is 0 Å². The quantitative estimate of drug-likeness (QED) is 0.241. The Bertz CT molecular complexity index is 330. The molecule has 0 aromatic carbocycles. The first-order valence-corrected chi connectivity index (χ1v) is 9.27. The van der Waals surface area contributed by atoms with Gasteiger partial charge in [0.05, 0.1) is 25.4 Å². The summed E-state index contributed by atoms with van der Waals surface area (Å²) in [4.78, 5) is 11.0. The van der Waals surface area contributed by atoms with Crippen LogP contribution in [-0.4, -0.2) is 46.7 Å². The molecule has 0 radical (unpaired) electrons. The highest BCUT2D eigenvalue weighted by atomic mass is 16.5. The summed E-state index contributed by atoms with van der Waals surface area (Å²) in [7, 11) is 1.35. The monoisotopic (exact) mass is 344 g/mol. The minimum atomic E-state index is -0.604. The number of rotatable bonds is 15. The number of hydrogen-bond donors (Lipinski definition) is 3. The summed E-state index contributed by atoms with van der Waals surface area (Å²) in [5.74, 6) is -0.265. The van der Waals surface area contributed by atoms with Gasteiger partial charge in [-0.1, -0.05) is 44.8 Å². The molecular formula is C19H36O5. The maximum absolute atomic E-state index is 11.0. The molecule has 5 heteroatoms. The number of aliphatic hydroxyl groups excluding tert-OH is 3. The second-order valence-corrected chi connectivity index (χ2v) is 6.43. The van der Waals surface area contributed by atoms with Gasteiger partial charge < -0.3 is 20.1 Å². The molecule has 0 saturated carbocycles. The van der Waals surface area contributed by atoms with E-state index in [1.54, 1.807) is 6.08 Å². The van der Waals surface area contributed by atoms with E-state index in [-0.39, 0.29) is 12.1 Å². The fourth-order valence-corrected chi connectivity index (χ4v) is 2.51. The Labute approximate surface area is 146 Å². The average Bonchev–Trinajstić information content (AvgIpc) is 2.56. The highest BCUT2D eigenvalue weighted by molar-refractivity contribution is 5.68. The molecule has 3 N–H and O–H groups in total. The van der Waals surface area contributed by atoms with Gasteiger partial charge in [0.15, 0.2) is 0 Å². The Morgan fingerprint density at radius 3 is 2.33 bits per heavy atom. The summed E-state index contributed by atoms with van der Waals surface area (Å²) in [5, 5.41) is 29.5. The second-order valence-electron chi connectivity index (χ2n) is 6.43. The van der Waals surface area contributed by atoms with Gasteiger partial charge in [0, 0.05) is 6.42 Å². The number of aliphatic hydroxyl groups is 3. The lowest BCUT2D eigenvalue weighted by Gasteiger charge is -2.12. The molecule has 3 unspecified atom stereocenters. The van der Waals surface area contributed by atoms with Crippen molar-refractivity contribution in [3.8, 4) is 0 Å². The third-order valence-corrected chi connectivity index (χ3v) is 4.10. The third-order valence-electron chi connectivity index (χ3n) is 4.10. The van der Waals surface area contributed by atoms with E-state index in [9.17, 15) is 20.1 Å². The van der Waals surface area contributed by atoms with Crippen LogP contribution in [0.4, 0.5) is 0 Å². The van der Waals surface area contributed by atoms with Gasteiger partial charge in [0.25, 0.3) is 0 Å². The molecule has 0 spiro atoms. The number of carbonyl (C=O) groups is 1. The van der Waals surface area contributed by atoms with Crippen molar-refractivity contribution in [2.45, 2.75) is 95.9 Å². The van der Waals surface area contributed by atoms with Crippen LogP contribution in [0, 0.1) is 0 Å². The first-order valence-electron chi connectivity index (χ1n) is 9.27. The van der Waals surface area contributed by atoms with E-state index in [2.05, 4.69) is 11.7 Å². The minimum absolute atomic E-state index is 0.265. The van der Waals surface area contributed by atoms with E-state index in [4.69, 9.17) is 0 Å². The zero-order chi connectivity index (χ0) is 18.2. The molecule has 5 nitrogen and oxygen atoms in total. The van der Waals surface area contributed by atoms with Crippen molar-refractivity contribution >= 4 is 5.97 Å². The standard InChI is InChI=1S/C19H36O5/c1-3-4-5-6-9-16(20)10-7-11-17(21)14-15-18(22)12-8-13-19(23)24-2/h7,11,16-18,20-22H,3-6,8-10,12-15H2,1-2H3. The van der Waals surface area contributed by atoms with Crippen molar-refractivity contribution in [2.24, 2.45) is 0 Å². The normalized spacial score (nSPS) is 15.4. The van der Waals surface area contributed by atoms with Gasteiger partial charge >= 0.3 is 5.97 Å². The average molecular weight is 344 g/mol. The number of esters is 1. The Balaban J connectivity index is 3.68. The molecule has 0 bridgehead atoms. The maximum atomic E-state index is 11.0. The van der Waals surface area contributed by atoms with Crippen molar-refractivity contribution in [1.29, 1.82) is 0 Å². The molecule has 0 aromatic rings. The lowest BCUT2D eigenvalue weighted by Crippen LogP contribution is -2.12. The predicted octanol–water partition coefficient (Wildman–Crippen LogP) is 3.11. The van der Waals surface area contributed by atoms with Crippen LogP contribution in [0.3, 0.4) is 0 Å². The van der Waals surface area contributed by atoms with Crippen molar-refractivity contribution in [1.82, 2.24) is 0 Å². The van der Waals surface area contributed by atoms with E-state index in [1.807, 2.05) is 6.08 Å². The molecule has 0 saturated heterocycles. The van der Waals surface area contributed by atoms with Gasteiger partial charge in [0.1, 0.15) is 0 Å². The predicted molar refractivity (Wildman–Crippen MR) is 95.6 cm³/mol. The van der Waals surface area contributed by atoms with Crippen molar-refractivity contribution < 1.29 is 24.9 Å². The summed E-state index contributed by atoms with van der Waals surface area (Å²) >= 11 is 0. The molecule has 0 aliphatic rings. The second kappa shape index (κ2) is 15.6. The van der Waals surface area contributed by atoms with Crippen LogP contribution in [0.25, 0.3) is 0 Å². The van der Waals surface area contributed by atoms with Gasteiger partial charge in [-0.3, -0.25) is 4.79 Å². The molecule has 3 atom stereocenters. The Morgan fingerprint density at radius 1 is 0.958 bits per heavy atom. The third kappa shape index (κ3) is 14.7. The van der Waals surface area contributed by atoms with Gasteiger partial charge in [-0.15, -0.1) is 0 Å². The van der Waals surface area contributed by atoms with E-state index in [1.165, 1.54) is 20.0 Å². The van der Waals surface area contributed by atoms with Crippen LogP contribution in [0.2, 0.25) is 0 Å². The summed E-state index contributed by atoms with van der Waals surface area (Å²) < 4.78 is 4.54. The number of carbonyl (C=O) groups excluding carboxylic acids is 1. The van der Waals surface area contributed by atoms with Crippen LogP contribution in [0.1, 0.15) is 77.6 Å². The lowest BCUT2D eigenvalue weighted by molar-refractivity contribution is -0.140. The van der Waals surface area contributed by atoms with Crippen LogP contribution in [0.15, 0.2) is 12.2 Å². The fraction of sp³-hybridized carbons (Fsp3) is 0.842. The molecule has 0 amide bonds. The van der Waals surface area contributed by atoms with Crippen molar-refractivity contribution in [3.05, 3.63) is 12.2 Å². The van der Waals surface area contributed by atoms with Crippen LogP contribution in [-0.2, 0) is 9.53 Å². The summed E-state index contributed by atoms with van der Waals surface area (Å²) in [5.41, 5.74) is 0. The molecule has 0 fully saturated rings. The zero-order valence-electron chi connectivity index (χ0n) is 15.3. The van der Waals surface area contributed by atoms with E-state index >= 15 is 0 Å². The number of methoxy groups -OCH3 is 1. The molecule has 0 heterocycles. The molecule has 0 aliphatic heterocycles. The molecular weight excluding hydrogens is 308 g/mol. The largest absolute Gasteiger partial charge is 0.469 e. The molecule has 0 rings (SSSR count). The first-order chi connectivity index (χ1) is 11.5. The van der Waals surface area contributed by atoms with Gasteiger partial charge in [-0.05, 0) is 38.5 Å². The van der Waals surface area contributed by atoms with Crippen LogP contribution in [0.5, 0.6) is 0 Å². The van der Waals surface area contributed by atoms with E-state index < -0.39 is 12.2 Å². The topological polar surface area (TPSA) is 87.0 Å². The summed E-state index contributed by atoms with van der Waals surface area (Å²) in [6.45, 7) is 2.16.